The Hall–Kier alpha value is -1.13. The van der Waals surface area contributed by atoms with Gasteiger partial charge in [-0.3, -0.25) is 4.79 Å². The van der Waals surface area contributed by atoms with Crippen molar-refractivity contribution in [1.29, 1.82) is 0 Å². The molecule has 0 spiro atoms. The fraction of sp³-hybridized carbons (Fsp3) is 0.417. The molecule has 0 radical (unpaired) electrons. The average Bonchev–Trinajstić information content (AvgIpc) is 2.20. The van der Waals surface area contributed by atoms with Gasteiger partial charge in [-0.25, -0.2) is 4.39 Å². The summed E-state index contributed by atoms with van der Waals surface area (Å²) in [6, 6.07) is 3.86. The molecule has 17 heavy (non-hydrogen) atoms. The summed E-state index contributed by atoms with van der Waals surface area (Å²) in [5, 5.41) is 2.84. The number of hydrogen-bond acceptors (Lipinski definition) is 2. The molecule has 0 atom stereocenters. The fourth-order valence-electron chi connectivity index (χ4n) is 1.91. The van der Waals surface area contributed by atoms with Crippen LogP contribution in [-0.4, -0.2) is 11.4 Å². The fourth-order valence-corrected chi connectivity index (χ4v) is 2.13. The van der Waals surface area contributed by atoms with Gasteiger partial charge in [-0.05, 0) is 37.5 Å². The molecular weight excluding hydrogens is 243 g/mol. The van der Waals surface area contributed by atoms with Crippen molar-refractivity contribution < 1.29 is 9.18 Å². The Bertz CT molecular complexity index is 446. The van der Waals surface area contributed by atoms with Crippen molar-refractivity contribution in [3.8, 4) is 0 Å². The summed E-state index contributed by atoms with van der Waals surface area (Å²) in [4.78, 5) is 11.7. The first-order valence-corrected chi connectivity index (χ1v) is 5.90. The van der Waals surface area contributed by atoms with Gasteiger partial charge in [-0.1, -0.05) is 11.6 Å². The number of nitrogens with two attached hydrogens (primary N) is 1. The third kappa shape index (κ3) is 2.96. The summed E-state index contributed by atoms with van der Waals surface area (Å²) < 4.78 is 12.8. The summed E-state index contributed by atoms with van der Waals surface area (Å²) in [5.74, 6) is -0.608. The standard InChI is InChI=1S/C12H14ClFN2O/c13-9-6-8(14)2-3-10(9)16-11(17)7-12(15)4-1-5-12/h2-3,6H,1,4-5,7,15H2,(H,16,17). The second kappa shape index (κ2) is 4.63. The minimum atomic E-state index is -0.428. The highest BCUT2D eigenvalue weighted by Crippen LogP contribution is 2.32. The molecule has 92 valence electrons. The normalized spacial score (nSPS) is 17.4. The highest BCUT2D eigenvalue weighted by Gasteiger charge is 2.34. The van der Waals surface area contributed by atoms with Crippen molar-refractivity contribution in [2.24, 2.45) is 5.73 Å². The van der Waals surface area contributed by atoms with Crippen LogP contribution in [0.2, 0.25) is 5.02 Å². The monoisotopic (exact) mass is 256 g/mol. The Labute approximate surface area is 104 Å². The predicted octanol–water partition coefficient (Wildman–Crippen LogP) is 2.69. The lowest BCUT2D eigenvalue weighted by Crippen LogP contribution is -2.48. The Morgan fingerprint density at radius 2 is 2.24 bits per heavy atom. The maximum absolute atomic E-state index is 12.8. The number of halogens is 2. The number of hydrogen-bond donors (Lipinski definition) is 2. The SMILES string of the molecule is NC1(CC(=O)Nc2ccc(F)cc2Cl)CCC1. The number of amides is 1. The summed E-state index contributed by atoms with van der Waals surface area (Å²) in [7, 11) is 0. The molecule has 0 aliphatic heterocycles. The molecule has 1 amide bonds. The van der Waals surface area contributed by atoms with E-state index >= 15 is 0 Å². The first-order valence-electron chi connectivity index (χ1n) is 5.52. The minimum Gasteiger partial charge on any atom is -0.325 e. The van der Waals surface area contributed by atoms with Crippen molar-refractivity contribution in [3.63, 3.8) is 0 Å². The Kier molecular flexibility index (Phi) is 3.35. The van der Waals surface area contributed by atoms with Gasteiger partial charge in [0.1, 0.15) is 5.82 Å². The number of benzene rings is 1. The Morgan fingerprint density at radius 1 is 1.53 bits per heavy atom. The molecule has 3 N–H and O–H groups in total. The molecule has 0 bridgehead atoms. The lowest BCUT2D eigenvalue weighted by atomic mass is 9.75. The molecule has 0 saturated heterocycles. The summed E-state index contributed by atoms with van der Waals surface area (Å²) in [5.41, 5.74) is 6.02. The predicted molar refractivity (Wildman–Crippen MR) is 65.4 cm³/mol. The first kappa shape index (κ1) is 12.3. The van der Waals surface area contributed by atoms with Crippen LogP contribution in [0.15, 0.2) is 18.2 Å². The van der Waals surface area contributed by atoms with Gasteiger partial charge in [0.05, 0.1) is 10.7 Å². The van der Waals surface area contributed by atoms with Crippen LogP contribution in [0.1, 0.15) is 25.7 Å². The molecule has 0 unspecified atom stereocenters. The second-order valence-electron chi connectivity index (χ2n) is 4.57. The quantitative estimate of drug-likeness (QED) is 0.874. The zero-order valence-corrected chi connectivity index (χ0v) is 10.1. The maximum atomic E-state index is 12.8. The number of rotatable bonds is 3. The van der Waals surface area contributed by atoms with E-state index in [1.807, 2.05) is 0 Å². The zero-order valence-electron chi connectivity index (χ0n) is 9.30. The number of nitrogens with one attached hydrogen (secondary N) is 1. The van der Waals surface area contributed by atoms with E-state index in [1.165, 1.54) is 18.2 Å². The van der Waals surface area contributed by atoms with Gasteiger partial charge >= 0.3 is 0 Å². The van der Waals surface area contributed by atoms with E-state index in [0.29, 0.717) is 5.69 Å². The molecular formula is C12H14ClFN2O. The molecule has 1 fully saturated rings. The van der Waals surface area contributed by atoms with Crippen molar-refractivity contribution in [3.05, 3.63) is 29.0 Å². The molecule has 0 heterocycles. The van der Waals surface area contributed by atoms with Gasteiger partial charge in [-0.2, -0.15) is 0 Å². The highest BCUT2D eigenvalue weighted by molar-refractivity contribution is 6.33. The Balaban J connectivity index is 1.98. The van der Waals surface area contributed by atoms with E-state index in [4.69, 9.17) is 17.3 Å². The average molecular weight is 257 g/mol. The van der Waals surface area contributed by atoms with Crippen LogP contribution in [-0.2, 0) is 4.79 Å². The smallest absolute Gasteiger partial charge is 0.226 e. The van der Waals surface area contributed by atoms with Gasteiger partial charge in [0.2, 0.25) is 5.91 Å². The van der Waals surface area contributed by atoms with Crippen LogP contribution >= 0.6 is 11.6 Å². The molecule has 3 nitrogen and oxygen atoms in total. The zero-order chi connectivity index (χ0) is 12.5. The molecule has 1 aromatic rings. The van der Waals surface area contributed by atoms with E-state index in [9.17, 15) is 9.18 Å². The van der Waals surface area contributed by atoms with E-state index in [0.717, 1.165) is 19.3 Å². The lowest BCUT2D eigenvalue weighted by Gasteiger charge is -2.37. The molecule has 1 aliphatic carbocycles. The van der Waals surface area contributed by atoms with E-state index < -0.39 is 5.82 Å². The van der Waals surface area contributed by atoms with Crippen molar-refractivity contribution in [2.75, 3.05) is 5.32 Å². The van der Waals surface area contributed by atoms with E-state index in [-0.39, 0.29) is 22.9 Å². The molecule has 1 aromatic carbocycles. The third-order valence-electron chi connectivity index (χ3n) is 3.07. The summed E-state index contributed by atoms with van der Waals surface area (Å²) in [6.07, 6.45) is 3.09. The van der Waals surface area contributed by atoms with E-state index in [1.54, 1.807) is 0 Å². The number of carbonyl (C=O) groups is 1. The summed E-state index contributed by atoms with van der Waals surface area (Å²) >= 11 is 5.81. The van der Waals surface area contributed by atoms with Crippen LogP contribution in [0.5, 0.6) is 0 Å². The van der Waals surface area contributed by atoms with Crippen LogP contribution < -0.4 is 11.1 Å². The van der Waals surface area contributed by atoms with Crippen LogP contribution in [0.3, 0.4) is 0 Å². The first-order chi connectivity index (χ1) is 7.98. The largest absolute Gasteiger partial charge is 0.325 e. The van der Waals surface area contributed by atoms with E-state index in [2.05, 4.69) is 5.32 Å². The highest BCUT2D eigenvalue weighted by atomic mass is 35.5. The Morgan fingerprint density at radius 3 is 2.76 bits per heavy atom. The maximum Gasteiger partial charge on any atom is 0.226 e. The number of carbonyl (C=O) groups excluding carboxylic acids is 1. The van der Waals surface area contributed by atoms with Gasteiger partial charge < -0.3 is 11.1 Å². The molecule has 2 rings (SSSR count). The van der Waals surface area contributed by atoms with Gasteiger partial charge in [0.25, 0.3) is 0 Å². The van der Waals surface area contributed by atoms with Gasteiger partial charge in [0, 0.05) is 12.0 Å². The third-order valence-corrected chi connectivity index (χ3v) is 3.38. The summed E-state index contributed by atoms with van der Waals surface area (Å²) in [6.45, 7) is 0. The molecule has 1 saturated carbocycles. The molecule has 1 aliphatic rings. The lowest BCUT2D eigenvalue weighted by molar-refractivity contribution is -0.118. The van der Waals surface area contributed by atoms with Crippen molar-refractivity contribution in [2.45, 2.75) is 31.2 Å². The minimum absolute atomic E-state index is 0.180. The molecule has 0 aromatic heterocycles. The molecule has 5 heteroatoms. The van der Waals surface area contributed by atoms with Crippen molar-refractivity contribution in [1.82, 2.24) is 0 Å². The number of anilines is 1. The van der Waals surface area contributed by atoms with Crippen molar-refractivity contribution >= 4 is 23.2 Å². The van der Waals surface area contributed by atoms with Gasteiger partial charge in [0.15, 0.2) is 0 Å². The second-order valence-corrected chi connectivity index (χ2v) is 4.97. The van der Waals surface area contributed by atoms with Gasteiger partial charge in [-0.15, -0.1) is 0 Å². The topological polar surface area (TPSA) is 55.1 Å². The van der Waals surface area contributed by atoms with Crippen LogP contribution in [0.25, 0.3) is 0 Å². The van der Waals surface area contributed by atoms with Crippen LogP contribution in [0.4, 0.5) is 10.1 Å². The van der Waals surface area contributed by atoms with Crippen LogP contribution in [0, 0.1) is 5.82 Å².